The summed E-state index contributed by atoms with van der Waals surface area (Å²) in [6.45, 7) is 5.45. The Morgan fingerprint density at radius 3 is 2.28 bits per heavy atom. The van der Waals surface area contributed by atoms with E-state index in [1.807, 2.05) is 80.6 Å². The van der Waals surface area contributed by atoms with Crippen LogP contribution in [0.15, 0.2) is 71.7 Å². The van der Waals surface area contributed by atoms with Crippen molar-refractivity contribution in [3.63, 3.8) is 0 Å². The van der Waals surface area contributed by atoms with E-state index in [0.29, 0.717) is 36.3 Å². The van der Waals surface area contributed by atoms with Gasteiger partial charge in [-0.1, -0.05) is 41.9 Å². The van der Waals surface area contributed by atoms with Gasteiger partial charge in [0.15, 0.2) is 11.5 Å². The predicted octanol–water partition coefficient (Wildman–Crippen LogP) is 6.47. The van der Waals surface area contributed by atoms with E-state index in [4.69, 9.17) is 25.8 Å². The van der Waals surface area contributed by atoms with Crippen LogP contribution < -0.4 is 14.2 Å². The summed E-state index contributed by atoms with van der Waals surface area (Å²) in [5.74, 6) is 1.97. The molecule has 0 spiro atoms. The van der Waals surface area contributed by atoms with Crippen molar-refractivity contribution in [2.75, 3.05) is 13.2 Å². The van der Waals surface area contributed by atoms with Crippen LogP contribution in [0.5, 0.6) is 17.2 Å². The lowest BCUT2D eigenvalue weighted by Gasteiger charge is -2.14. The van der Waals surface area contributed by atoms with Crippen molar-refractivity contribution in [2.24, 2.45) is 4.99 Å². The number of hydrogen-bond acceptors (Lipinski definition) is 4. The van der Waals surface area contributed by atoms with E-state index >= 15 is 0 Å². The average Bonchev–Trinajstić information content (AvgIpc) is 2.74. The van der Waals surface area contributed by atoms with E-state index in [-0.39, 0.29) is 0 Å². The molecule has 0 saturated heterocycles. The van der Waals surface area contributed by atoms with Crippen LogP contribution in [0.4, 0.5) is 5.69 Å². The molecule has 4 nitrogen and oxygen atoms in total. The minimum Gasteiger partial charge on any atom is -0.494 e. The molecule has 0 aliphatic rings. The summed E-state index contributed by atoms with van der Waals surface area (Å²) in [7, 11) is 0. The molecule has 0 amide bonds. The zero-order chi connectivity index (χ0) is 20.5. The van der Waals surface area contributed by atoms with E-state index in [1.54, 1.807) is 6.21 Å². The second-order valence-electron chi connectivity index (χ2n) is 6.22. The van der Waals surface area contributed by atoms with Gasteiger partial charge in [0, 0.05) is 6.21 Å². The number of rotatable bonds is 9. The zero-order valence-corrected chi connectivity index (χ0v) is 17.4. The third-order valence-electron chi connectivity index (χ3n) is 4.07. The highest BCUT2D eigenvalue weighted by molar-refractivity contribution is 6.32. The molecule has 150 valence electrons. The predicted molar refractivity (Wildman–Crippen MR) is 118 cm³/mol. The second kappa shape index (κ2) is 10.5. The fourth-order valence-electron chi connectivity index (χ4n) is 2.74. The third kappa shape index (κ3) is 6.00. The molecule has 0 saturated carbocycles. The van der Waals surface area contributed by atoms with Crippen molar-refractivity contribution in [3.8, 4) is 17.2 Å². The van der Waals surface area contributed by atoms with Gasteiger partial charge in [0.1, 0.15) is 12.4 Å². The maximum absolute atomic E-state index is 6.49. The highest BCUT2D eigenvalue weighted by atomic mass is 35.5. The summed E-state index contributed by atoms with van der Waals surface area (Å²) in [5.41, 5.74) is 2.72. The molecule has 5 heteroatoms. The zero-order valence-electron chi connectivity index (χ0n) is 16.6. The van der Waals surface area contributed by atoms with Gasteiger partial charge in [0.25, 0.3) is 0 Å². The summed E-state index contributed by atoms with van der Waals surface area (Å²) in [5, 5.41) is 0.486. The highest BCUT2D eigenvalue weighted by Gasteiger charge is 2.12. The van der Waals surface area contributed by atoms with E-state index in [9.17, 15) is 0 Å². The van der Waals surface area contributed by atoms with Crippen LogP contribution in [0.1, 0.15) is 25.0 Å². The molecule has 0 radical (unpaired) electrons. The van der Waals surface area contributed by atoms with Crippen molar-refractivity contribution in [1.29, 1.82) is 0 Å². The Hall–Kier alpha value is -2.98. The van der Waals surface area contributed by atoms with Crippen LogP contribution in [-0.2, 0) is 6.61 Å². The van der Waals surface area contributed by atoms with Crippen molar-refractivity contribution < 1.29 is 14.2 Å². The van der Waals surface area contributed by atoms with Gasteiger partial charge in [0.05, 0.1) is 23.9 Å². The lowest BCUT2D eigenvalue weighted by atomic mass is 10.2. The van der Waals surface area contributed by atoms with E-state index in [2.05, 4.69) is 4.99 Å². The molecule has 0 aliphatic carbocycles. The Morgan fingerprint density at radius 1 is 0.862 bits per heavy atom. The first-order valence-electron chi connectivity index (χ1n) is 9.59. The maximum atomic E-state index is 6.49. The third-order valence-corrected chi connectivity index (χ3v) is 4.35. The quantitative estimate of drug-likeness (QED) is 0.380. The first-order chi connectivity index (χ1) is 14.2. The molecular weight excluding hydrogens is 386 g/mol. The molecule has 3 aromatic carbocycles. The Balaban J connectivity index is 1.77. The Bertz CT molecular complexity index is 940. The van der Waals surface area contributed by atoms with Crippen LogP contribution in [0.3, 0.4) is 0 Å². The Labute approximate surface area is 176 Å². The Morgan fingerprint density at radius 2 is 1.59 bits per heavy atom. The van der Waals surface area contributed by atoms with Crippen molar-refractivity contribution in [3.05, 3.63) is 82.9 Å². The SMILES string of the molecule is CCOc1ccc(N=Cc2cc(Cl)c(OCc3ccccc3)c(OCC)c2)cc1. The normalized spacial score (nSPS) is 10.9. The molecule has 0 atom stereocenters. The molecule has 0 fully saturated rings. The van der Waals surface area contributed by atoms with Crippen molar-refractivity contribution >= 4 is 23.5 Å². The van der Waals surface area contributed by atoms with Gasteiger partial charge in [-0.3, -0.25) is 4.99 Å². The van der Waals surface area contributed by atoms with Crippen molar-refractivity contribution in [2.45, 2.75) is 20.5 Å². The van der Waals surface area contributed by atoms with Gasteiger partial charge in [-0.25, -0.2) is 0 Å². The number of benzene rings is 3. The molecule has 3 rings (SSSR count). The second-order valence-corrected chi connectivity index (χ2v) is 6.63. The lowest BCUT2D eigenvalue weighted by Crippen LogP contribution is -2.01. The monoisotopic (exact) mass is 409 g/mol. The maximum Gasteiger partial charge on any atom is 0.180 e. The Kier molecular flexibility index (Phi) is 7.54. The van der Waals surface area contributed by atoms with Gasteiger partial charge < -0.3 is 14.2 Å². The highest BCUT2D eigenvalue weighted by Crippen LogP contribution is 2.37. The summed E-state index contributed by atoms with van der Waals surface area (Å²) in [6.07, 6.45) is 1.76. The smallest absolute Gasteiger partial charge is 0.180 e. The minimum atomic E-state index is 0.417. The molecule has 0 N–H and O–H groups in total. The average molecular weight is 410 g/mol. The number of nitrogens with zero attached hydrogens (tertiary/aromatic N) is 1. The molecular formula is C24H24ClNO3. The largest absolute Gasteiger partial charge is 0.494 e. The van der Waals surface area contributed by atoms with E-state index < -0.39 is 0 Å². The van der Waals surface area contributed by atoms with Gasteiger partial charge in [0.2, 0.25) is 0 Å². The molecule has 0 aliphatic heterocycles. The fourth-order valence-corrected chi connectivity index (χ4v) is 3.01. The minimum absolute atomic E-state index is 0.417. The number of hydrogen-bond donors (Lipinski definition) is 0. The summed E-state index contributed by atoms with van der Waals surface area (Å²) in [6, 6.07) is 21.3. The van der Waals surface area contributed by atoms with Gasteiger partial charge in [-0.15, -0.1) is 0 Å². The summed E-state index contributed by atoms with van der Waals surface area (Å²) < 4.78 is 17.1. The fraction of sp³-hybridized carbons (Fsp3) is 0.208. The van der Waals surface area contributed by atoms with Gasteiger partial charge in [-0.2, -0.15) is 0 Å². The van der Waals surface area contributed by atoms with Gasteiger partial charge in [-0.05, 0) is 61.4 Å². The molecule has 3 aromatic rings. The first-order valence-corrected chi connectivity index (χ1v) is 9.97. The van der Waals surface area contributed by atoms with Gasteiger partial charge >= 0.3 is 0 Å². The summed E-state index contributed by atoms with van der Waals surface area (Å²) >= 11 is 6.49. The van der Waals surface area contributed by atoms with E-state index in [0.717, 1.165) is 22.6 Å². The first kappa shape index (κ1) is 20.7. The number of ether oxygens (including phenoxy) is 3. The van der Waals surface area contributed by atoms with E-state index in [1.165, 1.54) is 0 Å². The molecule has 0 unspecified atom stereocenters. The van der Waals surface area contributed by atoms with Crippen LogP contribution >= 0.6 is 11.6 Å². The van der Waals surface area contributed by atoms with Crippen LogP contribution in [0.2, 0.25) is 5.02 Å². The molecule has 0 aromatic heterocycles. The van der Waals surface area contributed by atoms with Crippen LogP contribution in [0, 0.1) is 0 Å². The lowest BCUT2D eigenvalue weighted by molar-refractivity contribution is 0.269. The number of aliphatic imine (C=N–C) groups is 1. The molecule has 29 heavy (non-hydrogen) atoms. The van der Waals surface area contributed by atoms with Crippen LogP contribution in [-0.4, -0.2) is 19.4 Å². The van der Waals surface area contributed by atoms with Crippen LogP contribution in [0.25, 0.3) is 0 Å². The van der Waals surface area contributed by atoms with Crippen molar-refractivity contribution in [1.82, 2.24) is 0 Å². The number of halogens is 1. The standard InChI is InChI=1S/C24H24ClNO3/c1-3-27-21-12-10-20(11-13-21)26-16-19-14-22(25)24(23(15-19)28-4-2)29-17-18-8-6-5-7-9-18/h5-16H,3-4,17H2,1-2H3. The molecule has 0 heterocycles. The topological polar surface area (TPSA) is 40.0 Å². The summed E-state index contributed by atoms with van der Waals surface area (Å²) in [4.78, 5) is 4.51. The molecule has 0 bridgehead atoms.